The van der Waals surface area contributed by atoms with Gasteiger partial charge in [-0.1, -0.05) is 30.3 Å². The molecule has 0 spiro atoms. The van der Waals surface area contributed by atoms with Crippen molar-refractivity contribution < 1.29 is 74.9 Å². The summed E-state index contributed by atoms with van der Waals surface area (Å²) in [7, 11) is 0. The van der Waals surface area contributed by atoms with Gasteiger partial charge in [0.15, 0.2) is 23.1 Å². The number of aliphatic hydroxyl groups excluding tert-OH is 4. The number of rotatable bonds is 8. The number of phenolic OH excluding ortho intramolecular Hbond substituents is 6. The second-order valence-electron chi connectivity index (χ2n) is 11.9. The lowest BCUT2D eigenvalue weighted by molar-refractivity contribution is -0.232. The number of ether oxygens (including phenoxy) is 3. The van der Waals surface area contributed by atoms with Gasteiger partial charge in [0.25, 0.3) is 0 Å². The molecule has 4 aromatic rings. The summed E-state index contributed by atoms with van der Waals surface area (Å²) in [5, 5.41) is 105. The highest BCUT2D eigenvalue weighted by molar-refractivity contribution is 6.11. The van der Waals surface area contributed by atoms with E-state index >= 15 is 0 Å². The van der Waals surface area contributed by atoms with Crippen molar-refractivity contribution >= 4 is 17.6 Å². The minimum atomic E-state index is -2.01. The van der Waals surface area contributed by atoms with Crippen LogP contribution in [0.3, 0.4) is 0 Å². The van der Waals surface area contributed by atoms with Gasteiger partial charge < -0.3 is 65.3 Å². The van der Waals surface area contributed by atoms with Gasteiger partial charge in [0.1, 0.15) is 82.2 Å². The van der Waals surface area contributed by atoms with Crippen LogP contribution in [0.15, 0.2) is 66.7 Å². The van der Waals surface area contributed by atoms with E-state index in [0.29, 0.717) is 11.1 Å². The molecule has 0 aliphatic carbocycles. The fourth-order valence-electron chi connectivity index (χ4n) is 5.97. The summed E-state index contributed by atoms with van der Waals surface area (Å²) >= 11 is 0. The molecule has 0 amide bonds. The fourth-order valence-corrected chi connectivity index (χ4v) is 5.97. The third kappa shape index (κ3) is 6.59. The third-order valence-corrected chi connectivity index (χ3v) is 8.61. The zero-order valence-electron chi connectivity index (χ0n) is 26.3. The van der Waals surface area contributed by atoms with E-state index in [0.717, 1.165) is 12.1 Å². The van der Waals surface area contributed by atoms with Crippen LogP contribution in [-0.4, -0.2) is 93.7 Å². The summed E-state index contributed by atoms with van der Waals surface area (Å²) in [4.78, 5) is 26.2. The fraction of sp³-hybridized carbons (Fsp3) is 0.222. The monoisotopic (exact) mass is 704 g/mol. The van der Waals surface area contributed by atoms with Gasteiger partial charge in [-0.05, 0) is 41.5 Å². The molecular formula is C36H32O15. The number of carbonyl (C=O) groups is 2. The number of aromatic hydroxyl groups is 6. The number of phenols is 6. The molecular weight excluding hydrogens is 672 g/mol. The Balaban J connectivity index is 1.37. The Kier molecular flexibility index (Phi) is 9.48. The lowest BCUT2D eigenvalue weighted by Gasteiger charge is -2.40. The van der Waals surface area contributed by atoms with Gasteiger partial charge in [-0.2, -0.15) is 0 Å². The Hall–Kier alpha value is -5.84. The predicted molar refractivity (Wildman–Crippen MR) is 174 cm³/mol. The highest BCUT2D eigenvalue weighted by Crippen LogP contribution is 2.54. The summed E-state index contributed by atoms with van der Waals surface area (Å²) < 4.78 is 17.2. The summed E-state index contributed by atoms with van der Waals surface area (Å²) in [6.45, 7) is -0.845. The molecule has 2 aliphatic rings. The van der Waals surface area contributed by atoms with Gasteiger partial charge in [-0.25, -0.2) is 0 Å². The molecule has 15 heteroatoms. The van der Waals surface area contributed by atoms with Crippen LogP contribution < -0.4 is 9.47 Å². The molecule has 51 heavy (non-hydrogen) atoms. The van der Waals surface area contributed by atoms with E-state index in [1.165, 1.54) is 60.7 Å². The Labute approximate surface area is 288 Å². The minimum Gasteiger partial charge on any atom is -0.508 e. The Morgan fingerprint density at radius 3 is 2.18 bits per heavy atom. The van der Waals surface area contributed by atoms with Crippen molar-refractivity contribution in [3.05, 3.63) is 94.6 Å². The maximum Gasteiger partial charge on any atom is 0.212 e. The van der Waals surface area contributed by atoms with Crippen molar-refractivity contribution in [3.8, 4) is 51.7 Å². The second kappa shape index (κ2) is 13.8. The zero-order chi connectivity index (χ0) is 36.7. The Morgan fingerprint density at radius 2 is 1.51 bits per heavy atom. The van der Waals surface area contributed by atoms with Crippen molar-refractivity contribution in [1.29, 1.82) is 0 Å². The SMILES string of the molecule is O=C1CC(c2ccc(Oc3c(O)c(C(=O)/C=C/c4ccc(O)cc4)c(O)c(C4OC(CO)C(O)C(O)C4O)c3O)cc2)Oc2cc(O)cc(O)c21. The van der Waals surface area contributed by atoms with E-state index in [2.05, 4.69) is 0 Å². The highest BCUT2D eigenvalue weighted by atomic mass is 16.5. The standard InChI is InChI=1S/C36H32O15/c37-14-25-29(43)33(47)34(48)35(51-25)28-30(44)27(20(40)10-3-15-1-6-17(38)7-2-15)31(45)36(32(28)46)49-19-8-4-16(5-9-19)23-13-22(42)26-21(41)11-18(39)12-24(26)50-23/h1-12,23,25,29,33-35,37-39,41,43-48H,13-14H2/b10-3+. The number of hydrogen-bond acceptors (Lipinski definition) is 15. The van der Waals surface area contributed by atoms with E-state index in [-0.39, 0.29) is 35.0 Å². The largest absolute Gasteiger partial charge is 0.508 e. The van der Waals surface area contributed by atoms with E-state index < -0.39 is 94.7 Å². The topological polar surface area (TPSA) is 264 Å². The maximum absolute atomic E-state index is 13.5. The van der Waals surface area contributed by atoms with E-state index in [1.807, 2.05) is 0 Å². The van der Waals surface area contributed by atoms with E-state index in [1.54, 1.807) is 0 Å². The number of allylic oxidation sites excluding steroid dienone is 1. The van der Waals surface area contributed by atoms with Crippen LogP contribution in [0.4, 0.5) is 0 Å². The quantitative estimate of drug-likeness (QED) is 0.0934. The highest BCUT2D eigenvalue weighted by Gasteiger charge is 2.47. The van der Waals surface area contributed by atoms with Crippen molar-refractivity contribution in [2.45, 2.75) is 43.0 Å². The molecule has 6 unspecified atom stereocenters. The first-order valence-electron chi connectivity index (χ1n) is 15.4. The number of fused-ring (bicyclic) bond motifs is 1. The molecule has 6 rings (SSSR count). The molecule has 4 aromatic carbocycles. The first-order valence-corrected chi connectivity index (χ1v) is 15.4. The first kappa shape index (κ1) is 35.0. The van der Waals surface area contributed by atoms with Crippen LogP contribution >= 0.6 is 0 Å². The maximum atomic E-state index is 13.5. The lowest BCUT2D eigenvalue weighted by atomic mass is 9.88. The summed E-state index contributed by atoms with van der Waals surface area (Å²) in [5.41, 5.74) is -0.676. The van der Waals surface area contributed by atoms with Gasteiger partial charge in [-0.3, -0.25) is 9.59 Å². The molecule has 1 fully saturated rings. The molecule has 0 bridgehead atoms. The van der Waals surface area contributed by atoms with Gasteiger partial charge in [0, 0.05) is 12.1 Å². The molecule has 0 aromatic heterocycles. The van der Waals surface area contributed by atoms with Crippen LogP contribution in [-0.2, 0) is 4.74 Å². The normalized spacial score (nSPS) is 23.1. The van der Waals surface area contributed by atoms with Crippen LogP contribution in [0.5, 0.6) is 51.7 Å². The molecule has 0 saturated carbocycles. The number of carbonyl (C=O) groups excluding carboxylic acids is 2. The van der Waals surface area contributed by atoms with Crippen LogP contribution in [0.1, 0.15) is 56.0 Å². The third-order valence-electron chi connectivity index (χ3n) is 8.61. The van der Waals surface area contributed by atoms with Crippen molar-refractivity contribution in [1.82, 2.24) is 0 Å². The zero-order valence-corrected chi connectivity index (χ0v) is 26.3. The lowest BCUT2D eigenvalue weighted by Crippen LogP contribution is -2.55. The molecule has 6 atom stereocenters. The minimum absolute atomic E-state index is 0.0228. The second-order valence-corrected chi connectivity index (χ2v) is 11.9. The number of ketones is 2. The van der Waals surface area contributed by atoms with Crippen molar-refractivity contribution in [2.75, 3.05) is 6.61 Å². The Bertz CT molecular complexity index is 2000. The molecule has 15 nitrogen and oxygen atoms in total. The van der Waals surface area contributed by atoms with Crippen molar-refractivity contribution in [2.24, 2.45) is 0 Å². The molecule has 266 valence electrons. The number of Topliss-reactive ketones (excluding diaryl/α,β-unsaturated/α-hetero) is 1. The van der Waals surface area contributed by atoms with Gasteiger partial charge in [0.2, 0.25) is 5.75 Å². The molecule has 0 radical (unpaired) electrons. The summed E-state index contributed by atoms with van der Waals surface area (Å²) in [5.74, 6) is -6.18. The van der Waals surface area contributed by atoms with E-state index in [9.17, 15) is 60.7 Å². The summed E-state index contributed by atoms with van der Waals surface area (Å²) in [6, 6.07) is 13.6. The van der Waals surface area contributed by atoms with Crippen LogP contribution in [0.2, 0.25) is 0 Å². The molecule has 2 aliphatic heterocycles. The summed E-state index contributed by atoms with van der Waals surface area (Å²) in [6.07, 6.45) is -7.79. The van der Waals surface area contributed by atoms with Gasteiger partial charge in [-0.15, -0.1) is 0 Å². The van der Waals surface area contributed by atoms with Gasteiger partial charge in [0.05, 0.1) is 18.6 Å². The molecule has 1 saturated heterocycles. The van der Waals surface area contributed by atoms with Gasteiger partial charge >= 0.3 is 0 Å². The Morgan fingerprint density at radius 1 is 0.824 bits per heavy atom. The number of aliphatic hydroxyl groups is 4. The molecule has 2 heterocycles. The molecule has 10 N–H and O–H groups in total. The van der Waals surface area contributed by atoms with Crippen LogP contribution in [0.25, 0.3) is 6.08 Å². The first-order chi connectivity index (χ1) is 24.3. The van der Waals surface area contributed by atoms with Crippen molar-refractivity contribution in [3.63, 3.8) is 0 Å². The van der Waals surface area contributed by atoms with E-state index in [4.69, 9.17) is 14.2 Å². The smallest absolute Gasteiger partial charge is 0.212 e. The number of benzene rings is 4. The average Bonchev–Trinajstić information content (AvgIpc) is 3.09. The average molecular weight is 705 g/mol. The number of hydrogen-bond donors (Lipinski definition) is 10. The predicted octanol–water partition coefficient (Wildman–Crippen LogP) is 2.83. The van der Waals surface area contributed by atoms with Crippen LogP contribution in [0, 0.1) is 0 Å².